The van der Waals surface area contributed by atoms with Gasteiger partial charge >= 0.3 is 12.0 Å². The molecule has 110 valence electrons. The molecule has 0 saturated carbocycles. The van der Waals surface area contributed by atoms with Gasteiger partial charge in [-0.2, -0.15) is 5.10 Å². The van der Waals surface area contributed by atoms with Crippen LogP contribution in [-0.4, -0.2) is 32.0 Å². The number of rotatable bonds is 4. The molecule has 2 rings (SSSR count). The van der Waals surface area contributed by atoms with Gasteiger partial charge in [-0.15, -0.1) is 0 Å². The summed E-state index contributed by atoms with van der Waals surface area (Å²) in [6, 6.07) is 3.24. The van der Waals surface area contributed by atoms with Crippen molar-refractivity contribution in [3.63, 3.8) is 0 Å². The highest BCUT2D eigenvalue weighted by molar-refractivity contribution is 6.01. The zero-order valence-electron chi connectivity index (χ0n) is 11.2. The second-order valence-electron chi connectivity index (χ2n) is 4.20. The Labute approximate surface area is 120 Å². The lowest BCUT2D eigenvalue weighted by Crippen LogP contribution is -2.19. The van der Waals surface area contributed by atoms with E-state index < -0.39 is 12.0 Å². The van der Waals surface area contributed by atoms with Gasteiger partial charge in [0.1, 0.15) is 11.3 Å². The quantitative estimate of drug-likeness (QED) is 0.642. The number of nitrogens with one attached hydrogen (secondary N) is 2. The molecule has 8 nitrogen and oxygen atoms in total. The van der Waals surface area contributed by atoms with Gasteiger partial charge in [-0.3, -0.25) is 4.68 Å². The van der Waals surface area contributed by atoms with Gasteiger partial charge in [0.15, 0.2) is 0 Å². The van der Waals surface area contributed by atoms with Crippen LogP contribution in [0.3, 0.4) is 0 Å². The molecule has 0 radical (unpaired) electrons. The van der Waals surface area contributed by atoms with E-state index in [2.05, 4.69) is 15.7 Å². The Kier molecular flexibility index (Phi) is 4.07. The van der Waals surface area contributed by atoms with Gasteiger partial charge in [0.2, 0.25) is 0 Å². The number of nitrogens with zero attached hydrogens (tertiary/aromatic N) is 2. The van der Waals surface area contributed by atoms with Crippen molar-refractivity contribution in [2.24, 2.45) is 0 Å². The maximum Gasteiger partial charge on any atom is 0.339 e. The molecular formula is C13H14N4O4. The van der Waals surface area contributed by atoms with E-state index in [9.17, 15) is 14.7 Å². The molecule has 2 aromatic rings. The van der Waals surface area contributed by atoms with Crippen LogP contribution >= 0.6 is 0 Å². The number of carbonyl (C=O) groups excluding carboxylic acids is 1. The predicted octanol–water partition coefficient (Wildman–Crippen LogP) is 1.95. The number of phenols is 1. The summed E-state index contributed by atoms with van der Waals surface area (Å²) in [4.78, 5) is 22.7. The predicted molar refractivity (Wildman–Crippen MR) is 75.6 cm³/mol. The van der Waals surface area contributed by atoms with E-state index in [0.29, 0.717) is 12.2 Å². The molecular weight excluding hydrogens is 276 g/mol. The third kappa shape index (κ3) is 3.50. The van der Waals surface area contributed by atoms with Gasteiger partial charge < -0.3 is 20.8 Å². The van der Waals surface area contributed by atoms with Gasteiger partial charge in [0.05, 0.1) is 11.9 Å². The Balaban J connectivity index is 2.05. The number of aromatic nitrogens is 2. The molecule has 8 heteroatoms. The highest BCUT2D eigenvalue weighted by Gasteiger charge is 2.11. The van der Waals surface area contributed by atoms with Gasteiger partial charge in [0.25, 0.3) is 0 Å². The Morgan fingerprint density at radius 3 is 2.62 bits per heavy atom. The molecule has 0 spiro atoms. The fourth-order valence-electron chi connectivity index (χ4n) is 1.68. The molecule has 0 fully saturated rings. The van der Waals surface area contributed by atoms with E-state index in [1.54, 1.807) is 10.9 Å². The molecule has 1 aromatic carbocycles. The van der Waals surface area contributed by atoms with Crippen molar-refractivity contribution in [2.45, 2.75) is 13.5 Å². The molecule has 0 saturated heterocycles. The first-order valence-corrected chi connectivity index (χ1v) is 6.16. The largest absolute Gasteiger partial charge is 0.507 e. The van der Waals surface area contributed by atoms with E-state index in [0.717, 1.165) is 0 Å². The molecule has 0 aliphatic carbocycles. The Morgan fingerprint density at radius 2 is 2.00 bits per heavy atom. The molecule has 0 atom stereocenters. The summed E-state index contributed by atoms with van der Waals surface area (Å²) in [7, 11) is 0. The van der Waals surface area contributed by atoms with E-state index in [-0.39, 0.29) is 17.0 Å². The lowest BCUT2D eigenvalue weighted by atomic mass is 10.2. The summed E-state index contributed by atoms with van der Waals surface area (Å²) >= 11 is 0. The highest BCUT2D eigenvalue weighted by Crippen LogP contribution is 2.21. The van der Waals surface area contributed by atoms with E-state index >= 15 is 0 Å². The van der Waals surface area contributed by atoms with E-state index in [1.807, 2.05) is 6.92 Å². The molecule has 0 bridgehead atoms. The lowest BCUT2D eigenvalue weighted by molar-refractivity contribution is 0.0693. The van der Waals surface area contributed by atoms with Crippen LogP contribution in [0.1, 0.15) is 17.3 Å². The van der Waals surface area contributed by atoms with Crippen LogP contribution in [0.15, 0.2) is 30.6 Å². The number of benzene rings is 1. The van der Waals surface area contributed by atoms with E-state index in [4.69, 9.17) is 5.11 Å². The summed E-state index contributed by atoms with van der Waals surface area (Å²) < 4.78 is 1.65. The average Bonchev–Trinajstić information content (AvgIpc) is 2.88. The normalized spacial score (nSPS) is 10.1. The van der Waals surface area contributed by atoms with Gasteiger partial charge in [-0.05, 0) is 25.1 Å². The number of aromatic carboxylic acids is 1. The molecule has 2 amide bonds. The molecule has 1 heterocycles. The number of aromatic hydroxyl groups is 1. The minimum Gasteiger partial charge on any atom is -0.507 e. The first-order valence-electron chi connectivity index (χ1n) is 6.16. The van der Waals surface area contributed by atoms with Crippen LogP contribution in [0.2, 0.25) is 0 Å². The number of hydrogen-bond donors (Lipinski definition) is 4. The van der Waals surface area contributed by atoms with Crippen LogP contribution < -0.4 is 10.6 Å². The number of carboxylic acids is 1. The van der Waals surface area contributed by atoms with Crippen LogP contribution in [0.25, 0.3) is 0 Å². The van der Waals surface area contributed by atoms with Crippen molar-refractivity contribution < 1.29 is 19.8 Å². The number of aryl methyl sites for hydroxylation is 1. The van der Waals surface area contributed by atoms with Crippen molar-refractivity contribution in [3.8, 4) is 5.75 Å². The van der Waals surface area contributed by atoms with Gasteiger partial charge in [-0.1, -0.05) is 0 Å². The Morgan fingerprint density at radius 1 is 1.29 bits per heavy atom. The summed E-state index contributed by atoms with van der Waals surface area (Å²) in [5.41, 5.74) is 0.490. The Bertz CT molecular complexity index is 681. The summed E-state index contributed by atoms with van der Waals surface area (Å²) in [5, 5.41) is 27.3. The zero-order chi connectivity index (χ0) is 15.4. The van der Waals surface area contributed by atoms with Crippen LogP contribution in [0.5, 0.6) is 5.75 Å². The monoisotopic (exact) mass is 290 g/mol. The third-order valence-corrected chi connectivity index (χ3v) is 2.70. The summed E-state index contributed by atoms with van der Waals surface area (Å²) in [6.45, 7) is 2.60. The Hall–Kier alpha value is -3.03. The molecule has 21 heavy (non-hydrogen) atoms. The lowest BCUT2D eigenvalue weighted by Gasteiger charge is -2.07. The number of carboxylic acid groups (broad SMARTS) is 1. The molecule has 1 aromatic heterocycles. The van der Waals surface area contributed by atoms with Crippen molar-refractivity contribution in [1.29, 1.82) is 0 Å². The van der Waals surface area contributed by atoms with Gasteiger partial charge in [0, 0.05) is 18.4 Å². The first-order chi connectivity index (χ1) is 9.99. The zero-order valence-corrected chi connectivity index (χ0v) is 11.2. The van der Waals surface area contributed by atoms with Gasteiger partial charge in [-0.25, -0.2) is 9.59 Å². The number of anilines is 2. The minimum atomic E-state index is -1.28. The SMILES string of the molecule is CCn1cc(NC(=O)Nc2ccc(O)c(C(=O)O)c2)cn1. The fraction of sp³-hybridized carbons (Fsp3) is 0.154. The molecule has 4 N–H and O–H groups in total. The standard InChI is InChI=1S/C13H14N4O4/c1-2-17-7-9(6-14-17)16-13(21)15-8-3-4-11(18)10(5-8)12(19)20/h3-7,18H,2H2,1H3,(H,19,20)(H2,15,16,21). The smallest absolute Gasteiger partial charge is 0.339 e. The topological polar surface area (TPSA) is 116 Å². The van der Waals surface area contributed by atoms with Crippen LogP contribution in [0, 0.1) is 0 Å². The number of hydrogen-bond acceptors (Lipinski definition) is 4. The van der Waals surface area contributed by atoms with E-state index in [1.165, 1.54) is 24.4 Å². The first kappa shape index (κ1) is 14.4. The number of amides is 2. The van der Waals surface area contributed by atoms with Crippen molar-refractivity contribution in [3.05, 3.63) is 36.2 Å². The number of urea groups is 1. The maximum atomic E-state index is 11.8. The maximum absolute atomic E-state index is 11.8. The van der Waals surface area contributed by atoms with Crippen LogP contribution in [-0.2, 0) is 6.54 Å². The summed E-state index contributed by atoms with van der Waals surface area (Å²) in [6.07, 6.45) is 3.17. The fourth-order valence-corrected chi connectivity index (χ4v) is 1.68. The third-order valence-electron chi connectivity index (χ3n) is 2.70. The van der Waals surface area contributed by atoms with Crippen molar-refractivity contribution in [2.75, 3.05) is 10.6 Å². The number of carbonyl (C=O) groups is 2. The minimum absolute atomic E-state index is 0.255. The van der Waals surface area contributed by atoms with Crippen molar-refractivity contribution >= 4 is 23.4 Å². The molecule has 0 aliphatic rings. The summed E-state index contributed by atoms with van der Waals surface area (Å²) in [5.74, 6) is -1.64. The average molecular weight is 290 g/mol. The molecule has 0 aliphatic heterocycles. The second-order valence-corrected chi connectivity index (χ2v) is 4.20. The second kappa shape index (κ2) is 5.95. The van der Waals surface area contributed by atoms with Crippen LogP contribution in [0.4, 0.5) is 16.2 Å². The van der Waals surface area contributed by atoms with Crippen molar-refractivity contribution in [1.82, 2.24) is 9.78 Å². The molecule has 0 unspecified atom stereocenters. The highest BCUT2D eigenvalue weighted by atomic mass is 16.4.